The van der Waals surface area contributed by atoms with E-state index in [1.54, 1.807) is 6.07 Å². The van der Waals surface area contributed by atoms with E-state index in [1.165, 1.54) is 12.1 Å². The lowest BCUT2D eigenvalue weighted by molar-refractivity contribution is 0.0947. The van der Waals surface area contributed by atoms with Crippen molar-refractivity contribution in [1.29, 1.82) is 0 Å². The van der Waals surface area contributed by atoms with Crippen molar-refractivity contribution in [2.75, 3.05) is 13.1 Å². The van der Waals surface area contributed by atoms with Crippen LogP contribution in [0.4, 0.5) is 4.39 Å². The van der Waals surface area contributed by atoms with Crippen LogP contribution in [0.3, 0.4) is 0 Å². The second kappa shape index (κ2) is 7.55. The number of carbonyl (C=O) groups excluding carboxylic acids is 1. The van der Waals surface area contributed by atoms with Crippen LogP contribution in [0, 0.1) is 23.6 Å². The number of carbonyl (C=O) groups is 1. The monoisotopic (exact) mass is 262 g/mol. The molecular formula is C15H19FN2O. The van der Waals surface area contributed by atoms with Gasteiger partial charge >= 0.3 is 0 Å². The highest BCUT2D eigenvalue weighted by Gasteiger charge is 2.09. The van der Waals surface area contributed by atoms with Gasteiger partial charge in [-0.2, -0.15) is 0 Å². The molecule has 0 aromatic heterocycles. The van der Waals surface area contributed by atoms with Gasteiger partial charge in [0, 0.05) is 12.1 Å². The predicted octanol–water partition coefficient (Wildman–Crippen LogP) is 1.91. The molecular weight excluding hydrogens is 243 g/mol. The summed E-state index contributed by atoms with van der Waals surface area (Å²) in [6.07, 6.45) is 0.988. The van der Waals surface area contributed by atoms with E-state index in [2.05, 4.69) is 24.1 Å². The Bertz CT molecular complexity index is 503. The molecule has 0 fully saturated rings. The Morgan fingerprint density at radius 3 is 2.84 bits per heavy atom. The number of hydrogen-bond acceptors (Lipinski definition) is 2. The van der Waals surface area contributed by atoms with Gasteiger partial charge in [0.1, 0.15) is 5.82 Å². The maximum atomic E-state index is 13.7. The maximum absolute atomic E-state index is 13.7. The minimum atomic E-state index is -0.503. The second-order valence-electron chi connectivity index (χ2n) is 4.42. The standard InChI is InChI=1S/C15H19FN2O/c1-3-11(2)10-18-15(19)13-7-6-12(5-4-8-17)14(16)9-13/h6-7,9,11H,3,8,10,17H2,1-2H3,(H,18,19). The Kier molecular flexibility index (Phi) is 6.04. The lowest BCUT2D eigenvalue weighted by atomic mass is 10.1. The highest BCUT2D eigenvalue weighted by Crippen LogP contribution is 2.10. The summed E-state index contributed by atoms with van der Waals surface area (Å²) in [4.78, 5) is 11.8. The van der Waals surface area contributed by atoms with E-state index in [4.69, 9.17) is 5.73 Å². The molecule has 19 heavy (non-hydrogen) atoms. The van der Waals surface area contributed by atoms with Gasteiger partial charge in [0.2, 0.25) is 0 Å². The first kappa shape index (κ1) is 15.2. The Morgan fingerprint density at radius 2 is 2.26 bits per heavy atom. The van der Waals surface area contributed by atoms with Crippen molar-refractivity contribution < 1.29 is 9.18 Å². The number of amides is 1. The van der Waals surface area contributed by atoms with Gasteiger partial charge in [0.25, 0.3) is 5.91 Å². The van der Waals surface area contributed by atoms with Crippen LogP contribution in [0.1, 0.15) is 36.2 Å². The van der Waals surface area contributed by atoms with Gasteiger partial charge in [-0.15, -0.1) is 0 Å². The zero-order valence-corrected chi connectivity index (χ0v) is 11.3. The van der Waals surface area contributed by atoms with Crippen LogP contribution in [0.15, 0.2) is 18.2 Å². The van der Waals surface area contributed by atoms with E-state index in [9.17, 15) is 9.18 Å². The number of rotatable bonds is 4. The highest BCUT2D eigenvalue weighted by atomic mass is 19.1. The highest BCUT2D eigenvalue weighted by molar-refractivity contribution is 5.94. The average molecular weight is 262 g/mol. The van der Waals surface area contributed by atoms with Gasteiger partial charge in [-0.1, -0.05) is 32.1 Å². The van der Waals surface area contributed by atoms with Gasteiger partial charge in [-0.25, -0.2) is 4.39 Å². The van der Waals surface area contributed by atoms with Gasteiger partial charge in [0.15, 0.2) is 0 Å². The zero-order chi connectivity index (χ0) is 14.3. The minimum absolute atomic E-state index is 0.177. The third kappa shape index (κ3) is 4.72. The molecule has 0 saturated carbocycles. The van der Waals surface area contributed by atoms with E-state index in [0.717, 1.165) is 6.42 Å². The molecule has 1 amide bonds. The summed E-state index contributed by atoms with van der Waals surface area (Å²) >= 11 is 0. The van der Waals surface area contributed by atoms with Crippen molar-refractivity contribution in [2.24, 2.45) is 11.7 Å². The van der Waals surface area contributed by atoms with E-state index < -0.39 is 5.82 Å². The molecule has 0 bridgehead atoms. The van der Waals surface area contributed by atoms with Gasteiger partial charge < -0.3 is 11.1 Å². The molecule has 1 unspecified atom stereocenters. The molecule has 1 aromatic rings. The molecule has 102 valence electrons. The second-order valence-corrected chi connectivity index (χ2v) is 4.42. The zero-order valence-electron chi connectivity index (χ0n) is 11.3. The Balaban J connectivity index is 2.74. The fourth-order valence-corrected chi connectivity index (χ4v) is 1.42. The van der Waals surface area contributed by atoms with Crippen LogP contribution in [-0.4, -0.2) is 19.0 Å². The molecule has 1 aromatic carbocycles. The summed E-state index contributed by atoms with van der Waals surface area (Å²) in [5, 5.41) is 2.78. The lowest BCUT2D eigenvalue weighted by Crippen LogP contribution is -2.28. The molecule has 0 aliphatic carbocycles. The first-order chi connectivity index (χ1) is 9.08. The van der Waals surface area contributed by atoms with Crippen molar-refractivity contribution in [3.05, 3.63) is 35.1 Å². The van der Waals surface area contributed by atoms with Gasteiger partial charge in [0.05, 0.1) is 12.1 Å². The largest absolute Gasteiger partial charge is 0.352 e. The third-order valence-electron chi connectivity index (χ3n) is 2.86. The summed E-state index contributed by atoms with van der Waals surface area (Å²) < 4.78 is 13.7. The first-order valence-electron chi connectivity index (χ1n) is 6.35. The summed E-state index contributed by atoms with van der Waals surface area (Å²) in [6.45, 7) is 4.87. The molecule has 3 N–H and O–H groups in total. The summed E-state index contributed by atoms with van der Waals surface area (Å²) in [5.41, 5.74) is 5.78. The van der Waals surface area contributed by atoms with E-state index >= 15 is 0 Å². The lowest BCUT2D eigenvalue weighted by Gasteiger charge is -2.10. The van der Waals surface area contributed by atoms with E-state index in [0.29, 0.717) is 18.0 Å². The van der Waals surface area contributed by atoms with Crippen molar-refractivity contribution in [2.45, 2.75) is 20.3 Å². The molecule has 0 heterocycles. The van der Waals surface area contributed by atoms with Crippen molar-refractivity contribution >= 4 is 5.91 Å². The summed E-state index contributed by atoms with van der Waals surface area (Å²) in [5.74, 6) is 4.83. The number of halogens is 1. The van der Waals surface area contributed by atoms with Crippen molar-refractivity contribution in [3.63, 3.8) is 0 Å². The van der Waals surface area contributed by atoms with Crippen LogP contribution in [0.25, 0.3) is 0 Å². The Hall–Kier alpha value is -1.86. The predicted molar refractivity (Wildman–Crippen MR) is 74.1 cm³/mol. The molecule has 0 aliphatic heterocycles. The molecule has 3 nitrogen and oxygen atoms in total. The number of nitrogens with two attached hydrogens (primary N) is 1. The Morgan fingerprint density at radius 1 is 1.53 bits per heavy atom. The summed E-state index contributed by atoms with van der Waals surface area (Å²) in [7, 11) is 0. The maximum Gasteiger partial charge on any atom is 0.251 e. The molecule has 0 saturated heterocycles. The van der Waals surface area contributed by atoms with Gasteiger partial charge in [-0.3, -0.25) is 4.79 Å². The Labute approximate surface area is 113 Å². The number of benzene rings is 1. The molecule has 0 aliphatic rings. The van der Waals surface area contributed by atoms with Crippen LogP contribution in [-0.2, 0) is 0 Å². The fraction of sp³-hybridized carbons (Fsp3) is 0.400. The molecule has 4 heteroatoms. The molecule has 0 spiro atoms. The number of nitrogens with one attached hydrogen (secondary N) is 1. The number of hydrogen-bond donors (Lipinski definition) is 2. The fourth-order valence-electron chi connectivity index (χ4n) is 1.42. The van der Waals surface area contributed by atoms with Crippen molar-refractivity contribution in [3.8, 4) is 11.8 Å². The molecule has 0 radical (unpaired) electrons. The van der Waals surface area contributed by atoms with Crippen molar-refractivity contribution in [1.82, 2.24) is 5.32 Å². The first-order valence-corrected chi connectivity index (χ1v) is 6.35. The quantitative estimate of drug-likeness (QED) is 0.814. The van der Waals surface area contributed by atoms with E-state index in [1.807, 2.05) is 6.92 Å². The minimum Gasteiger partial charge on any atom is -0.352 e. The van der Waals surface area contributed by atoms with E-state index in [-0.39, 0.29) is 18.0 Å². The topological polar surface area (TPSA) is 55.1 Å². The van der Waals surface area contributed by atoms with Gasteiger partial charge in [-0.05, 0) is 24.1 Å². The SMILES string of the molecule is CCC(C)CNC(=O)c1ccc(C#CCN)c(F)c1. The van der Waals surface area contributed by atoms with Crippen LogP contribution in [0.2, 0.25) is 0 Å². The molecule has 1 atom stereocenters. The molecule has 1 rings (SSSR count). The van der Waals surface area contributed by atoms with Crippen LogP contribution >= 0.6 is 0 Å². The van der Waals surface area contributed by atoms with Crippen LogP contribution < -0.4 is 11.1 Å². The smallest absolute Gasteiger partial charge is 0.251 e. The normalized spacial score (nSPS) is 11.4. The summed E-state index contributed by atoms with van der Waals surface area (Å²) in [6, 6.07) is 4.26. The third-order valence-corrected chi connectivity index (χ3v) is 2.86. The van der Waals surface area contributed by atoms with Crippen LogP contribution in [0.5, 0.6) is 0 Å². The average Bonchev–Trinajstić information content (AvgIpc) is 2.42.